The molecule has 0 saturated carbocycles. The van der Waals surface area contributed by atoms with E-state index in [2.05, 4.69) is 30.3 Å². The quantitative estimate of drug-likeness (QED) is 0.339. The fourth-order valence-corrected chi connectivity index (χ4v) is 3.24. The summed E-state index contributed by atoms with van der Waals surface area (Å²) in [6.07, 6.45) is 20.9. The summed E-state index contributed by atoms with van der Waals surface area (Å²) in [6.45, 7) is 0.867. The Morgan fingerprint density at radius 1 is 0.478 bits per heavy atom. The molecule has 1 rings (SSSR count). The Hall–Kier alpha value is -0.820. The average Bonchev–Trinajstić information content (AvgIpc) is 2.59. The van der Waals surface area contributed by atoms with Crippen LogP contribution in [-0.2, 0) is 6.42 Å². The summed E-state index contributed by atoms with van der Waals surface area (Å²) in [5, 5.41) is 0. The van der Waals surface area contributed by atoms with E-state index >= 15 is 0 Å². The van der Waals surface area contributed by atoms with E-state index in [9.17, 15) is 0 Å². The Morgan fingerprint density at radius 3 is 1.30 bits per heavy atom. The predicted molar refractivity (Wildman–Crippen MR) is 104 cm³/mol. The van der Waals surface area contributed by atoms with E-state index in [-0.39, 0.29) is 0 Å². The zero-order valence-corrected chi connectivity index (χ0v) is 15.3. The normalized spacial score (nSPS) is 11.0. The lowest BCUT2D eigenvalue weighted by Crippen LogP contribution is -1.97. The summed E-state index contributed by atoms with van der Waals surface area (Å²) in [5.74, 6) is 0. The third-order valence-corrected chi connectivity index (χ3v) is 4.76. The van der Waals surface area contributed by atoms with Crippen molar-refractivity contribution in [2.45, 2.75) is 96.3 Å². The first kappa shape index (κ1) is 20.2. The summed E-state index contributed by atoms with van der Waals surface area (Å²) in [6, 6.07) is 10.9. The van der Waals surface area contributed by atoms with E-state index < -0.39 is 0 Å². The molecular formula is C22H39N. The molecule has 0 spiro atoms. The number of hydrogen-bond acceptors (Lipinski definition) is 1. The number of unbranched alkanes of at least 4 members (excludes halogenated alkanes) is 13. The van der Waals surface area contributed by atoms with Crippen molar-refractivity contribution < 1.29 is 0 Å². The Labute approximate surface area is 145 Å². The Kier molecular flexibility index (Phi) is 14.1. The zero-order chi connectivity index (χ0) is 16.4. The summed E-state index contributed by atoms with van der Waals surface area (Å²) in [4.78, 5) is 0. The van der Waals surface area contributed by atoms with Gasteiger partial charge in [0.05, 0.1) is 0 Å². The van der Waals surface area contributed by atoms with Gasteiger partial charge < -0.3 is 5.73 Å². The minimum atomic E-state index is 0.867. The molecule has 0 fully saturated rings. The molecule has 0 aliphatic heterocycles. The summed E-state index contributed by atoms with van der Waals surface area (Å²) in [7, 11) is 0. The van der Waals surface area contributed by atoms with E-state index in [0.717, 1.165) is 6.54 Å². The summed E-state index contributed by atoms with van der Waals surface area (Å²) in [5.41, 5.74) is 7.00. The van der Waals surface area contributed by atoms with E-state index in [1.165, 1.54) is 102 Å². The molecule has 0 aliphatic rings. The van der Waals surface area contributed by atoms with Crippen LogP contribution in [0.25, 0.3) is 0 Å². The second kappa shape index (κ2) is 16.1. The van der Waals surface area contributed by atoms with Crippen LogP contribution in [0.2, 0.25) is 0 Å². The molecule has 1 aromatic carbocycles. The first-order valence-electron chi connectivity index (χ1n) is 10.2. The van der Waals surface area contributed by atoms with Gasteiger partial charge in [-0.25, -0.2) is 0 Å². The van der Waals surface area contributed by atoms with Gasteiger partial charge in [0.2, 0.25) is 0 Å². The molecule has 0 amide bonds. The maximum atomic E-state index is 5.50. The van der Waals surface area contributed by atoms with E-state index in [1.807, 2.05) is 0 Å². The molecule has 1 nitrogen and oxygen atoms in total. The zero-order valence-electron chi connectivity index (χ0n) is 15.3. The van der Waals surface area contributed by atoms with Gasteiger partial charge in [-0.2, -0.15) is 0 Å². The molecule has 0 heterocycles. The van der Waals surface area contributed by atoms with Crippen LogP contribution in [0.3, 0.4) is 0 Å². The van der Waals surface area contributed by atoms with Crippen LogP contribution in [0.4, 0.5) is 0 Å². The standard InChI is InChI=1S/C22H39N/c23-21-17-12-10-8-6-4-2-1-3-5-7-9-11-14-18-22-19-15-13-16-20-22/h13,15-16,19-20H,1-12,14,17-18,21,23H2. The van der Waals surface area contributed by atoms with Gasteiger partial charge in [-0.15, -0.1) is 0 Å². The van der Waals surface area contributed by atoms with E-state index in [1.54, 1.807) is 0 Å². The fraction of sp³-hybridized carbons (Fsp3) is 0.727. The lowest BCUT2D eigenvalue weighted by atomic mass is 10.0. The fourth-order valence-electron chi connectivity index (χ4n) is 3.24. The van der Waals surface area contributed by atoms with Crippen molar-refractivity contribution >= 4 is 0 Å². The molecule has 132 valence electrons. The highest BCUT2D eigenvalue weighted by molar-refractivity contribution is 5.14. The molecule has 23 heavy (non-hydrogen) atoms. The molecule has 0 bridgehead atoms. The van der Waals surface area contributed by atoms with Crippen LogP contribution in [-0.4, -0.2) is 6.54 Å². The summed E-state index contributed by atoms with van der Waals surface area (Å²) < 4.78 is 0. The molecule has 0 radical (unpaired) electrons. The molecule has 1 heteroatoms. The second-order valence-electron chi connectivity index (χ2n) is 6.97. The van der Waals surface area contributed by atoms with Gasteiger partial charge in [0.1, 0.15) is 0 Å². The van der Waals surface area contributed by atoms with Gasteiger partial charge in [-0.1, -0.05) is 107 Å². The highest BCUT2D eigenvalue weighted by Gasteiger charge is 1.95. The van der Waals surface area contributed by atoms with Gasteiger partial charge in [-0.3, -0.25) is 0 Å². The molecule has 0 unspecified atom stereocenters. The predicted octanol–water partition coefficient (Wildman–Crippen LogP) is 6.65. The monoisotopic (exact) mass is 317 g/mol. The molecule has 0 aliphatic carbocycles. The van der Waals surface area contributed by atoms with Gasteiger partial charge in [-0.05, 0) is 31.4 Å². The number of benzene rings is 1. The third kappa shape index (κ3) is 13.3. The van der Waals surface area contributed by atoms with Gasteiger partial charge in [0, 0.05) is 0 Å². The van der Waals surface area contributed by atoms with Gasteiger partial charge in [0.15, 0.2) is 0 Å². The topological polar surface area (TPSA) is 26.0 Å². The maximum absolute atomic E-state index is 5.50. The number of hydrogen-bond donors (Lipinski definition) is 1. The molecule has 2 N–H and O–H groups in total. The minimum Gasteiger partial charge on any atom is -0.330 e. The van der Waals surface area contributed by atoms with Crippen LogP contribution in [0.1, 0.15) is 95.5 Å². The van der Waals surface area contributed by atoms with Gasteiger partial charge in [0.25, 0.3) is 0 Å². The first-order chi connectivity index (χ1) is 11.4. The second-order valence-corrected chi connectivity index (χ2v) is 6.97. The Bertz CT molecular complexity index is 333. The number of rotatable bonds is 16. The maximum Gasteiger partial charge on any atom is -0.00773 e. The Balaban J connectivity index is 1.72. The molecule has 0 aromatic heterocycles. The summed E-state index contributed by atoms with van der Waals surface area (Å²) >= 11 is 0. The van der Waals surface area contributed by atoms with E-state index in [4.69, 9.17) is 5.73 Å². The number of aryl methyl sites for hydroxylation is 1. The van der Waals surface area contributed by atoms with Crippen LogP contribution < -0.4 is 5.73 Å². The van der Waals surface area contributed by atoms with Crippen LogP contribution in [0, 0.1) is 0 Å². The first-order valence-corrected chi connectivity index (χ1v) is 10.2. The minimum absolute atomic E-state index is 0.867. The number of nitrogens with two attached hydrogens (primary N) is 1. The Morgan fingerprint density at radius 2 is 0.870 bits per heavy atom. The molecule has 0 atom stereocenters. The van der Waals surface area contributed by atoms with Crippen molar-refractivity contribution in [1.29, 1.82) is 0 Å². The average molecular weight is 318 g/mol. The van der Waals surface area contributed by atoms with E-state index in [0.29, 0.717) is 0 Å². The molecular weight excluding hydrogens is 278 g/mol. The van der Waals surface area contributed by atoms with Crippen LogP contribution in [0.5, 0.6) is 0 Å². The van der Waals surface area contributed by atoms with Crippen molar-refractivity contribution in [2.75, 3.05) is 6.54 Å². The van der Waals surface area contributed by atoms with Crippen LogP contribution in [0.15, 0.2) is 30.3 Å². The van der Waals surface area contributed by atoms with Crippen molar-refractivity contribution in [2.24, 2.45) is 5.73 Å². The van der Waals surface area contributed by atoms with Gasteiger partial charge >= 0.3 is 0 Å². The lowest BCUT2D eigenvalue weighted by molar-refractivity contribution is 0.534. The smallest absolute Gasteiger partial charge is 0.00773 e. The molecule has 1 aromatic rings. The lowest BCUT2D eigenvalue weighted by Gasteiger charge is -2.04. The SMILES string of the molecule is NCCCCCCCCCCCCCCCCc1ccccc1. The third-order valence-electron chi connectivity index (χ3n) is 4.76. The highest BCUT2D eigenvalue weighted by atomic mass is 14.5. The van der Waals surface area contributed by atoms with Crippen LogP contribution >= 0.6 is 0 Å². The molecule has 0 saturated heterocycles. The van der Waals surface area contributed by atoms with Crippen molar-refractivity contribution in [3.63, 3.8) is 0 Å². The largest absolute Gasteiger partial charge is 0.330 e. The van der Waals surface area contributed by atoms with Crippen molar-refractivity contribution in [1.82, 2.24) is 0 Å². The van der Waals surface area contributed by atoms with Crippen molar-refractivity contribution in [3.05, 3.63) is 35.9 Å². The van der Waals surface area contributed by atoms with Crippen molar-refractivity contribution in [3.8, 4) is 0 Å². The highest BCUT2D eigenvalue weighted by Crippen LogP contribution is 2.13.